The number of nitrogens with zero attached hydrogens (tertiary/aromatic N) is 2. The Hall–Kier alpha value is -0.0900. The van der Waals surface area contributed by atoms with E-state index in [4.69, 9.17) is 0 Å². The Kier molecular flexibility index (Phi) is 4.73. The van der Waals surface area contributed by atoms with Crippen molar-refractivity contribution in [2.75, 3.05) is 12.5 Å². The first kappa shape index (κ1) is 11.0. The van der Waals surface area contributed by atoms with E-state index in [0.717, 1.165) is 18.2 Å². The van der Waals surface area contributed by atoms with Crippen molar-refractivity contribution < 1.29 is 4.57 Å². The van der Waals surface area contributed by atoms with E-state index in [-0.39, 0.29) is 0 Å². The molecule has 74 valence electrons. The summed E-state index contributed by atoms with van der Waals surface area (Å²) < 4.78 is 4.64. The normalized spacial score (nSPS) is 10.7. The molecule has 4 heteroatoms. The summed E-state index contributed by atoms with van der Waals surface area (Å²) in [4.78, 5) is 0. The molecule has 1 heterocycles. The van der Waals surface area contributed by atoms with E-state index in [2.05, 4.69) is 41.0 Å². The number of hydrogen-bond donors (Lipinski definition) is 0. The van der Waals surface area contributed by atoms with E-state index in [1.807, 2.05) is 23.5 Å². The lowest BCUT2D eigenvalue weighted by molar-refractivity contribution is -0.682. The molecule has 0 radical (unpaired) electrons. The number of aromatic nitrogens is 2. The Morgan fingerprint density at radius 3 is 2.69 bits per heavy atom. The lowest BCUT2D eigenvalue weighted by Gasteiger charge is -2.00. The highest BCUT2D eigenvalue weighted by Crippen LogP contribution is 2.05. The van der Waals surface area contributed by atoms with E-state index >= 15 is 0 Å². The second-order valence-corrected chi connectivity index (χ2v) is 4.51. The predicted molar refractivity (Wildman–Crippen MR) is 61.0 cm³/mol. The van der Waals surface area contributed by atoms with Gasteiger partial charge in [0.15, 0.2) is 0 Å². The van der Waals surface area contributed by atoms with Crippen molar-refractivity contribution in [3.63, 3.8) is 0 Å². The minimum absolute atomic E-state index is 1.06. The highest BCUT2D eigenvalue weighted by molar-refractivity contribution is 7.97. The summed E-state index contributed by atoms with van der Waals surface area (Å²) >= 11 is 3.72. The molecule has 0 aromatic carbocycles. The maximum Gasteiger partial charge on any atom is 0.257 e. The van der Waals surface area contributed by atoms with Crippen molar-refractivity contribution in [3.05, 3.63) is 18.2 Å². The van der Waals surface area contributed by atoms with Gasteiger partial charge in [0.2, 0.25) is 0 Å². The summed E-state index contributed by atoms with van der Waals surface area (Å²) in [5.74, 6) is 3.54. The minimum Gasteiger partial charge on any atom is -0.225 e. The fourth-order valence-corrected chi connectivity index (χ4v) is 2.44. The third kappa shape index (κ3) is 2.68. The van der Waals surface area contributed by atoms with Crippen molar-refractivity contribution in [1.82, 2.24) is 4.57 Å². The second kappa shape index (κ2) is 5.60. The van der Waals surface area contributed by atoms with Gasteiger partial charge in [-0.2, -0.15) is 0 Å². The average molecular weight is 217 g/mol. The lowest BCUT2D eigenvalue weighted by Crippen LogP contribution is -2.35. The monoisotopic (exact) mass is 217 g/mol. The van der Waals surface area contributed by atoms with E-state index in [9.17, 15) is 0 Å². The Labute approximate surface area is 88.7 Å². The molecule has 13 heavy (non-hydrogen) atoms. The van der Waals surface area contributed by atoms with Crippen molar-refractivity contribution >= 4 is 23.5 Å². The third-order valence-electron chi connectivity index (χ3n) is 1.94. The summed E-state index contributed by atoms with van der Waals surface area (Å²) in [6.45, 7) is 2.21. The van der Waals surface area contributed by atoms with Crippen LogP contribution >= 0.6 is 23.5 Å². The van der Waals surface area contributed by atoms with Gasteiger partial charge >= 0.3 is 0 Å². The minimum atomic E-state index is 1.06. The summed E-state index contributed by atoms with van der Waals surface area (Å²) in [5.41, 5.74) is 0. The van der Waals surface area contributed by atoms with Gasteiger partial charge < -0.3 is 0 Å². The fraction of sp³-hybridized carbons (Fsp3) is 0.667. The van der Waals surface area contributed by atoms with Crippen LogP contribution in [0.2, 0.25) is 0 Å². The number of rotatable bonds is 5. The van der Waals surface area contributed by atoms with Crippen LogP contribution in [-0.4, -0.2) is 17.1 Å². The fourth-order valence-electron chi connectivity index (χ4n) is 1.42. The summed E-state index contributed by atoms with van der Waals surface area (Å²) in [6.07, 6.45) is 9.72. The lowest BCUT2D eigenvalue weighted by atomic mass is 10.4. The number of thioether (sulfide) groups is 2. The van der Waals surface area contributed by atoms with Crippen molar-refractivity contribution in [2.45, 2.75) is 25.1 Å². The van der Waals surface area contributed by atoms with Gasteiger partial charge in [-0.15, -0.1) is 23.5 Å². The van der Waals surface area contributed by atoms with Crippen molar-refractivity contribution in [1.29, 1.82) is 0 Å². The average Bonchev–Trinajstić information content (AvgIpc) is 2.49. The van der Waals surface area contributed by atoms with E-state index < -0.39 is 0 Å². The highest BCUT2D eigenvalue weighted by Gasteiger charge is 2.13. The Balaban J connectivity index is 2.82. The van der Waals surface area contributed by atoms with Crippen LogP contribution in [0.4, 0.5) is 0 Å². The van der Waals surface area contributed by atoms with Crippen molar-refractivity contribution in [3.8, 4) is 0 Å². The van der Waals surface area contributed by atoms with Gasteiger partial charge in [0, 0.05) is 6.42 Å². The molecule has 0 aliphatic rings. The molecule has 1 aromatic heterocycles. The van der Waals surface area contributed by atoms with Crippen LogP contribution in [0.25, 0.3) is 0 Å². The molecule has 0 N–H and O–H groups in total. The first-order valence-electron chi connectivity index (χ1n) is 4.38. The zero-order valence-corrected chi connectivity index (χ0v) is 10.1. The Bertz CT molecular complexity index is 235. The summed E-state index contributed by atoms with van der Waals surface area (Å²) in [6, 6.07) is 0. The third-order valence-corrected chi connectivity index (χ3v) is 3.01. The first-order valence-corrected chi connectivity index (χ1v) is 7.17. The van der Waals surface area contributed by atoms with Crippen molar-refractivity contribution in [2.24, 2.45) is 0 Å². The van der Waals surface area contributed by atoms with Gasteiger partial charge in [-0.1, -0.05) is 6.92 Å². The van der Waals surface area contributed by atoms with Crippen LogP contribution < -0.4 is 4.57 Å². The zero-order chi connectivity index (χ0) is 9.68. The van der Waals surface area contributed by atoms with Gasteiger partial charge in [-0.25, -0.2) is 9.13 Å². The van der Waals surface area contributed by atoms with E-state index in [1.165, 1.54) is 5.82 Å². The molecule has 0 saturated carbocycles. The topological polar surface area (TPSA) is 8.81 Å². The van der Waals surface area contributed by atoms with Crippen LogP contribution in [0.5, 0.6) is 0 Å². The molecule has 1 rings (SSSR count). The molecule has 2 nitrogen and oxygen atoms in total. The molecule has 0 amide bonds. The van der Waals surface area contributed by atoms with E-state index in [0.29, 0.717) is 0 Å². The molecular formula is C9H17N2S2+. The van der Waals surface area contributed by atoms with Gasteiger partial charge in [0.25, 0.3) is 5.82 Å². The smallest absolute Gasteiger partial charge is 0.225 e. The number of hydrogen-bond acceptors (Lipinski definition) is 2. The van der Waals surface area contributed by atoms with Gasteiger partial charge in [0.05, 0.1) is 0 Å². The standard InChI is InChI=1S/C9H17N2S2/c1-4-9-10(7-12-2)5-6-11(9)8-13-3/h5-6H,4,7-8H2,1-3H3/q+1. The van der Waals surface area contributed by atoms with Crippen LogP contribution in [-0.2, 0) is 18.2 Å². The van der Waals surface area contributed by atoms with Gasteiger partial charge in [0.1, 0.15) is 24.1 Å². The van der Waals surface area contributed by atoms with Gasteiger partial charge in [-0.05, 0) is 12.5 Å². The molecular weight excluding hydrogens is 200 g/mol. The Morgan fingerprint density at radius 1 is 1.38 bits per heavy atom. The molecule has 1 aromatic rings. The molecule has 0 fully saturated rings. The molecule has 0 aliphatic heterocycles. The quantitative estimate of drug-likeness (QED) is 0.697. The maximum atomic E-state index is 2.32. The molecule has 0 spiro atoms. The molecule has 0 atom stereocenters. The summed E-state index contributed by atoms with van der Waals surface area (Å²) in [7, 11) is 0. The Morgan fingerprint density at radius 2 is 2.15 bits per heavy atom. The van der Waals surface area contributed by atoms with Crippen LogP contribution in [0.15, 0.2) is 12.4 Å². The SMILES string of the molecule is CCc1n(CSC)cc[n+]1CSC. The number of imidazole rings is 1. The first-order chi connectivity index (χ1) is 6.33. The van der Waals surface area contributed by atoms with Crippen LogP contribution in [0.3, 0.4) is 0 Å². The van der Waals surface area contributed by atoms with E-state index in [1.54, 1.807) is 0 Å². The highest BCUT2D eigenvalue weighted by atomic mass is 32.2. The second-order valence-electron chi connectivity index (χ2n) is 2.84. The predicted octanol–water partition coefficient (Wildman–Crippen LogP) is 1.98. The summed E-state index contributed by atoms with van der Waals surface area (Å²) in [5, 5.41) is 0. The van der Waals surface area contributed by atoms with Crippen LogP contribution in [0, 0.1) is 0 Å². The molecule has 0 bridgehead atoms. The largest absolute Gasteiger partial charge is 0.257 e. The molecule has 0 saturated heterocycles. The zero-order valence-electron chi connectivity index (χ0n) is 8.49. The van der Waals surface area contributed by atoms with Crippen LogP contribution in [0.1, 0.15) is 12.7 Å². The molecule has 0 aliphatic carbocycles. The maximum absolute atomic E-state index is 2.32. The van der Waals surface area contributed by atoms with Gasteiger partial charge in [-0.3, -0.25) is 0 Å². The molecule has 0 unspecified atom stereocenters.